The van der Waals surface area contributed by atoms with Crippen LogP contribution >= 0.6 is 12.3 Å². The second kappa shape index (κ2) is 4.47. The monoisotopic (exact) mass is 299 g/mol. The predicted octanol–water partition coefficient (Wildman–Crippen LogP) is 1.30. The number of carbonyl (C=O) groups is 2. The molecule has 1 aromatic heterocycles. The Bertz CT molecular complexity index is 603. The van der Waals surface area contributed by atoms with E-state index in [1.807, 2.05) is 0 Å². The SMILES string of the molecule is CN1CCC2(CCc3c(C(=O)O)nn(SF)c3C2)C1=O. The highest BCUT2D eigenvalue weighted by Crippen LogP contribution is 2.44. The molecule has 1 saturated heterocycles. The van der Waals surface area contributed by atoms with E-state index < -0.39 is 11.4 Å². The predicted molar refractivity (Wildman–Crippen MR) is 70.0 cm³/mol. The van der Waals surface area contributed by atoms with Crippen molar-refractivity contribution in [1.82, 2.24) is 14.1 Å². The van der Waals surface area contributed by atoms with Crippen molar-refractivity contribution in [3.8, 4) is 0 Å². The van der Waals surface area contributed by atoms with Gasteiger partial charge >= 0.3 is 5.97 Å². The normalized spacial score (nSPS) is 25.3. The number of amides is 1. The summed E-state index contributed by atoms with van der Waals surface area (Å²) in [5.41, 5.74) is 0.490. The van der Waals surface area contributed by atoms with Gasteiger partial charge < -0.3 is 10.0 Å². The van der Waals surface area contributed by atoms with Crippen LogP contribution in [0.1, 0.15) is 34.6 Å². The first-order chi connectivity index (χ1) is 9.48. The van der Waals surface area contributed by atoms with Crippen molar-refractivity contribution in [2.45, 2.75) is 25.7 Å². The first-order valence-corrected chi connectivity index (χ1v) is 7.04. The molecule has 0 bridgehead atoms. The number of likely N-dealkylation sites (tertiary alicyclic amines) is 1. The summed E-state index contributed by atoms with van der Waals surface area (Å²) < 4.78 is 14.0. The Kier molecular flexibility index (Phi) is 3.00. The number of rotatable bonds is 2. The lowest BCUT2D eigenvalue weighted by Crippen LogP contribution is -2.37. The van der Waals surface area contributed by atoms with Gasteiger partial charge in [0, 0.05) is 25.6 Å². The third-order valence-electron chi connectivity index (χ3n) is 4.41. The molecule has 8 heteroatoms. The number of aromatic carboxylic acids is 1. The molecule has 1 spiro atoms. The minimum Gasteiger partial charge on any atom is -0.476 e. The number of carboxylic acid groups (broad SMARTS) is 1. The summed E-state index contributed by atoms with van der Waals surface area (Å²) >= 11 is -0.117. The fraction of sp³-hybridized carbons (Fsp3) is 0.583. The summed E-state index contributed by atoms with van der Waals surface area (Å²) in [4.78, 5) is 25.1. The van der Waals surface area contributed by atoms with Gasteiger partial charge in [0.15, 0.2) is 18.0 Å². The topological polar surface area (TPSA) is 75.4 Å². The van der Waals surface area contributed by atoms with Gasteiger partial charge in [-0.25, -0.2) is 4.79 Å². The molecular formula is C12H14FN3O3S. The van der Waals surface area contributed by atoms with Crippen molar-refractivity contribution in [2.75, 3.05) is 13.6 Å². The fourth-order valence-corrected chi connectivity index (χ4v) is 3.66. The molecule has 20 heavy (non-hydrogen) atoms. The van der Waals surface area contributed by atoms with Crippen LogP contribution in [0.2, 0.25) is 0 Å². The Morgan fingerprint density at radius 2 is 2.25 bits per heavy atom. The lowest BCUT2D eigenvalue weighted by atomic mass is 9.72. The highest BCUT2D eigenvalue weighted by molar-refractivity contribution is 7.92. The number of carbonyl (C=O) groups excluding carboxylic acids is 1. The zero-order valence-electron chi connectivity index (χ0n) is 10.9. The van der Waals surface area contributed by atoms with Crippen LogP contribution in [0.4, 0.5) is 3.89 Å². The zero-order chi connectivity index (χ0) is 14.5. The van der Waals surface area contributed by atoms with E-state index in [2.05, 4.69) is 5.10 Å². The van der Waals surface area contributed by atoms with E-state index in [-0.39, 0.29) is 23.9 Å². The van der Waals surface area contributed by atoms with Crippen LogP contribution in [0.15, 0.2) is 0 Å². The van der Waals surface area contributed by atoms with Gasteiger partial charge in [-0.05, 0) is 19.3 Å². The van der Waals surface area contributed by atoms with Crippen LogP contribution in [0.3, 0.4) is 0 Å². The summed E-state index contributed by atoms with van der Waals surface area (Å²) in [6.07, 6.45) is 2.15. The highest BCUT2D eigenvalue weighted by atomic mass is 32.2. The number of fused-ring (bicyclic) bond motifs is 1. The van der Waals surface area contributed by atoms with Gasteiger partial charge in [0.2, 0.25) is 5.91 Å². The number of halogens is 1. The molecule has 0 radical (unpaired) electrons. The fourth-order valence-electron chi connectivity index (χ4n) is 3.29. The highest BCUT2D eigenvalue weighted by Gasteiger charge is 2.49. The molecule has 1 atom stereocenters. The molecule has 1 unspecified atom stereocenters. The molecule has 108 valence electrons. The molecular weight excluding hydrogens is 285 g/mol. The van der Waals surface area contributed by atoms with E-state index in [1.54, 1.807) is 11.9 Å². The third kappa shape index (κ3) is 1.74. The van der Waals surface area contributed by atoms with E-state index >= 15 is 0 Å². The largest absolute Gasteiger partial charge is 0.476 e. The van der Waals surface area contributed by atoms with Gasteiger partial charge in [0.25, 0.3) is 0 Å². The van der Waals surface area contributed by atoms with Gasteiger partial charge in [-0.15, -0.1) is 3.89 Å². The van der Waals surface area contributed by atoms with Gasteiger partial charge in [-0.1, -0.05) is 0 Å². The Hall–Kier alpha value is -1.57. The maximum absolute atomic E-state index is 13.0. The van der Waals surface area contributed by atoms with Crippen LogP contribution in [-0.4, -0.2) is 44.7 Å². The van der Waals surface area contributed by atoms with E-state index in [0.29, 0.717) is 37.1 Å². The van der Waals surface area contributed by atoms with Crippen LogP contribution in [0, 0.1) is 5.41 Å². The molecule has 1 fully saturated rings. The zero-order valence-corrected chi connectivity index (χ0v) is 11.7. The molecule has 2 heterocycles. The Labute approximate surface area is 119 Å². The lowest BCUT2D eigenvalue weighted by molar-refractivity contribution is -0.135. The number of nitrogens with zero attached hydrogens (tertiary/aromatic N) is 3. The van der Waals surface area contributed by atoms with Gasteiger partial charge in [0.1, 0.15) is 0 Å². The maximum atomic E-state index is 13.0. The quantitative estimate of drug-likeness (QED) is 0.891. The minimum atomic E-state index is -1.15. The summed E-state index contributed by atoms with van der Waals surface area (Å²) in [5, 5.41) is 12.9. The van der Waals surface area contributed by atoms with Crippen molar-refractivity contribution in [3.05, 3.63) is 17.0 Å². The van der Waals surface area contributed by atoms with Crippen LogP contribution in [0.25, 0.3) is 0 Å². The van der Waals surface area contributed by atoms with E-state index in [9.17, 15) is 13.5 Å². The van der Waals surface area contributed by atoms with E-state index in [0.717, 1.165) is 10.5 Å². The van der Waals surface area contributed by atoms with Crippen molar-refractivity contribution in [2.24, 2.45) is 5.41 Å². The molecule has 1 amide bonds. The van der Waals surface area contributed by atoms with Crippen molar-refractivity contribution >= 4 is 24.2 Å². The van der Waals surface area contributed by atoms with Gasteiger partial charge in [-0.2, -0.15) is 9.19 Å². The second-order valence-electron chi connectivity index (χ2n) is 5.45. The summed E-state index contributed by atoms with van der Waals surface area (Å²) in [5.74, 6) is -1.09. The maximum Gasteiger partial charge on any atom is 0.356 e. The Morgan fingerprint density at radius 3 is 2.80 bits per heavy atom. The molecule has 3 rings (SSSR count). The molecule has 6 nitrogen and oxygen atoms in total. The number of carboxylic acids is 1. The van der Waals surface area contributed by atoms with Crippen molar-refractivity contribution in [1.29, 1.82) is 0 Å². The first-order valence-electron chi connectivity index (χ1n) is 6.37. The van der Waals surface area contributed by atoms with Crippen molar-refractivity contribution < 1.29 is 18.6 Å². The van der Waals surface area contributed by atoms with Gasteiger partial charge in [-0.3, -0.25) is 4.79 Å². The minimum absolute atomic E-state index is 0.0663. The molecule has 1 aliphatic carbocycles. The Morgan fingerprint density at radius 1 is 1.50 bits per heavy atom. The number of hydrogen-bond acceptors (Lipinski definition) is 4. The third-order valence-corrected chi connectivity index (χ3v) is 4.84. The van der Waals surface area contributed by atoms with Gasteiger partial charge in [0.05, 0.1) is 11.1 Å². The molecule has 1 N–H and O–H groups in total. The molecule has 2 aliphatic rings. The first kappa shape index (κ1) is 13.4. The lowest BCUT2D eigenvalue weighted by Gasteiger charge is -2.31. The summed E-state index contributed by atoms with van der Waals surface area (Å²) in [7, 11) is 1.76. The summed E-state index contributed by atoms with van der Waals surface area (Å²) in [6.45, 7) is 0.691. The summed E-state index contributed by atoms with van der Waals surface area (Å²) in [6, 6.07) is 0. The average molecular weight is 299 g/mol. The molecule has 0 aromatic carbocycles. The standard InChI is InChI=1S/C12H14FN3O3S/c1-15-5-4-12(11(15)19)3-2-7-8(6-12)16(20-13)14-9(7)10(17)18/h2-6H2,1H3,(H,17,18). The van der Waals surface area contributed by atoms with Crippen LogP contribution in [-0.2, 0) is 17.6 Å². The van der Waals surface area contributed by atoms with Crippen LogP contribution < -0.4 is 0 Å². The second-order valence-corrected chi connectivity index (χ2v) is 5.94. The molecule has 0 saturated carbocycles. The van der Waals surface area contributed by atoms with Crippen molar-refractivity contribution in [3.63, 3.8) is 0 Å². The van der Waals surface area contributed by atoms with E-state index in [4.69, 9.17) is 5.11 Å². The average Bonchev–Trinajstić information content (AvgIpc) is 2.93. The number of aromatic nitrogens is 2. The Balaban J connectivity index is 2.03. The smallest absolute Gasteiger partial charge is 0.356 e. The molecule has 1 aromatic rings. The molecule has 1 aliphatic heterocycles. The van der Waals surface area contributed by atoms with Crippen LogP contribution in [0.5, 0.6) is 0 Å². The number of hydrogen-bond donors (Lipinski definition) is 1. The van der Waals surface area contributed by atoms with E-state index in [1.165, 1.54) is 0 Å².